The van der Waals surface area contributed by atoms with E-state index in [1.165, 1.54) is 12.1 Å². The van der Waals surface area contributed by atoms with Gasteiger partial charge in [-0.15, -0.1) is 0 Å². The Labute approximate surface area is 129 Å². The van der Waals surface area contributed by atoms with Gasteiger partial charge in [-0.3, -0.25) is 0 Å². The maximum absolute atomic E-state index is 12.3. The van der Waals surface area contributed by atoms with Crippen molar-refractivity contribution in [3.63, 3.8) is 0 Å². The van der Waals surface area contributed by atoms with Crippen LogP contribution in [0.25, 0.3) is 0 Å². The van der Waals surface area contributed by atoms with Crippen molar-refractivity contribution in [2.24, 2.45) is 0 Å². The van der Waals surface area contributed by atoms with Crippen LogP contribution < -0.4 is 14.2 Å². The summed E-state index contributed by atoms with van der Waals surface area (Å²) in [5.41, 5.74) is 2.04. The van der Waals surface area contributed by atoms with Gasteiger partial charge in [-0.05, 0) is 41.5 Å². The second-order valence-electron chi connectivity index (χ2n) is 5.04. The molecule has 0 aliphatic carbocycles. The molecule has 0 unspecified atom stereocenters. The average molecular weight is 319 g/mol. The van der Waals surface area contributed by atoms with Crippen LogP contribution in [0.1, 0.15) is 11.1 Å². The third kappa shape index (κ3) is 3.08. The second-order valence-corrected chi connectivity index (χ2v) is 6.81. The molecule has 0 aromatic heterocycles. The van der Waals surface area contributed by atoms with Crippen molar-refractivity contribution in [1.82, 2.24) is 4.72 Å². The van der Waals surface area contributed by atoms with Crippen LogP contribution in [0.3, 0.4) is 0 Å². The number of nitrogens with one attached hydrogen (secondary N) is 1. The van der Waals surface area contributed by atoms with E-state index in [-0.39, 0.29) is 11.4 Å². The van der Waals surface area contributed by atoms with Gasteiger partial charge < -0.3 is 9.47 Å². The number of hydrogen-bond acceptors (Lipinski definition) is 4. The highest BCUT2D eigenvalue weighted by atomic mass is 32.2. The van der Waals surface area contributed by atoms with E-state index >= 15 is 0 Å². The molecule has 1 aliphatic rings. The lowest BCUT2D eigenvalue weighted by Crippen LogP contribution is -2.23. The molecule has 2 aromatic rings. The number of methoxy groups -OCH3 is 1. The van der Waals surface area contributed by atoms with E-state index in [4.69, 9.17) is 9.47 Å². The number of rotatable bonds is 5. The van der Waals surface area contributed by atoms with Crippen LogP contribution in [-0.4, -0.2) is 22.1 Å². The second kappa shape index (κ2) is 5.98. The summed E-state index contributed by atoms with van der Waals surface area (Å²) in [5, 5.41) is 0. The van der Waals surface area contributed by atoms with Crippen molar-refractivity contribution in [2.45, 2.75) is 17.9 Å². The predicted octanol–water partition coefficient (Wildman–Crippen LogP) is 2.11. The molecule has 5 nitrogen and oxygen atoms in total. The van der Waals surface area contributed by atoms with Crippen molar-refractivity contribution >= 4 is 10.0 Å². The molecule has 3 rings (SSSR count). The zero-order valence-corrected chi connectivity index (χ0v) is 13.0. The van der Waals surface area contributed by atoms with Crippen molar-refractivity contribution < 1.29 is 17.9 Å². The molecular formula is C16H17NO4S. The molecule has 1 N–H and O–H groups in total. The molecule has 2 aromatic carbocycles. The number of hydrogen-bond donors (Lipinski definition) is 1. The molecule has 22 heavy (non-hydrogen) atoms. The highest BCUT2D eigenvalue weighted by Crippen LogP contribution is 2.26. The molecular weight excluding hydrogens is 302 g/mol. The summed E-state index contributed by atoms with van der Waals surface area (Å²) in [4.78, 5) is 0.220. The molecule has 0 atom stereocenters. The van der Waals surface area contributed by atoms with Gasteiger partial charge in [-0.1, -0.05) is 12.1 Å². The smallest absolute Gasteiger partial charge is 0.240 e. The van der Waals surface area contributed by atoms with E-state index in [1.54, 1.807) is 19.2 Å². The normalized spacial score (nSPS) is 13.5. The van der Waals surface area contributed by atoms with Gasteiger partial charge in [0.1, 0.15) is 11.5 Å². The van der Waals surface area contributed by atoms with Crippen molar-refractivity contribution in [3.05, 3.63) is 53.6 Å². The van der Waals surface area contributed by atoms with E-state index < -0.39 is 10.0 Å². The summed E-state index contributed by atoms with van der Waals surface area (Å²) in [6, 6.07) is 12.1. The van der Waals surface area contributed by atoms with Crippen LogP contribution in [0.5, 0.6) is 11.5 Å². The molecule has 0 spiro atoms. The third-order valence-electron chi connectivity index (χ3n) is 3.59. The lowest BCUT2D eigenvalue weighted by atomic mass is 10.1. The van der Waals surface area contributed by atoms with E-state index in [9.17, 15) is 8.42 Å². The standard InChI is InChI=1S/C16H17NO4S/c1-20-14-3-5-15(6-4-14)22(18,19)17-11-12-2-7-16-13(10-12)8-9-21-16/h2-7,10,17H,8-9,11H2,1H3. The molecule has 1 aliphatic heterocycles. The fourth-order valence-electron chi connectivity index (χ4n) is 2.37. The molecule has 0 radical (unpaired) electrons. The highest BCUT2D eigenvalue weighted by molar-refractivity contribution is 7.89. The largest absolute Gasteiger partial charge is 0.497 e. The first-order valence-electron chi connectivity index (χ1n) is 6.97. The Morgan fingerprint density at radius 1 is 1.18 bits per heavy atom. The summed E-state index contributed by atoms with van der Waals surface area (Å²) in [6.45, 7) is 0.942. The predicted molar refractivity (Wildman–Crippen MR) is 82.7 cm³/mol. The number of fused-ring (bicyclic) bond motifs is 1. The summed E-state index contributed by atoms with van der Waals surface area (Å²) in [7, 11) is -1.99. The average Bonchev–Trinajstić information content (AvgIpc) is 3.01. The molecule has 6 heteroatoms. The van der Waals surface area contributed by atoms with Gasteiger partial charge in [0.25, 0.3) is 0 Å². The Bertz CT molecular complexity index is 769. The molecule has 0 bridgehead atoms. The van der Waals surface area contributed by atoms with Gasteiger partial charge in [-0.2, -0.15) is 0 Å². The minimum absolute atomic E-state index is 0.220. The van der Waals surface area contributed by atoms with Crippen molar-refractivity contribution in [1.29, 1.82) is 0 Å². The summed E-state index contributed by atoms with van der Waals surface area (Å²) >= 11 is 0. The molecule has 0 amide bonds. The van der Waals surface area contributed by atoms with Gasteiger partial charge in [0.15, 0.2) is 0 Å². The van der Waals surface area contributed by atoms with Crippen LogP contribution >= 0.6 is 0 Å². The molecule has 0 saturated carbocycles. The molecule has 116 valence electrons. The van der Waals surface area contributed by atoms with Crippen LogP contribution in [-0.2, 0) is 23.0 Å². The van der Waals surface area contributed by atoms with Gasteiger partial charge in [0.2, 0.25) is 10.0 Å². The first-order chi connectivity index (χ1) is 10.6. The van der Waals surface area contributed by atoms with Crippen LogP contribution in [0.2, 0.25) is 0 Å². The molecule has 0 saturated heterocycles. The summed E-state index contributed by atoms with van der Waals surface area (Å²) in [6.07, 6.45) is 0.869. The summed E-state index contributed by atoms with van der Waals surface area (Å²) < 4.78 is 37.6. The maximum atomic E-state index is 12.3. The van der Waals surface area contributed by atoms with Crippen molar-refractivity contribution in [3.8, 4) is 11.5 Å². The zero-order valence-electron chi connectivity index (χ0n) is 12.2. The Hall–Kier alpha value is -2.05. The Morgan fingerprint density at radius 3 is 2.68 bits per heavy atom. The molecule has 0 fully saturated rings. The van der Waals surface area contributed by atoms with Gasteiger partial charge >= 0.3 is 0 Å². The Balaban J connectivity index is 1.71. The fourth-order valence-corrected chi connectivity index (χ4v) is 3.38. The van der Waals surface area contributed by atoms with E-state index in [0.29, 0.717) is 12.4 Å². The highest BCUT2D eigenvalue weighted by Gasteiger charge is 2.15. The Morgan fingerprint density at radius 2 is 1.95 bits per heavy atom. The summed E-state index contributed by atoms with van der Waals surface area (Å²) in [5.74, 6) is 1.51. The quantitative estimate of drug-likeness (QED) is 0.917. The van der Waals surface area contributed by atoms with Gasteiger partial charge in [0.05, 0.1) is 18.6 Å². The lowest BCUT2D eigenvalue weighted by molar-refractivity contribution is 0.357. The molecule has 1 heterocycles. The number of sulfonamides is 1. The third-order valence-corrected chi connectivity index (χ3v) is 5.01. The van der Waals surface area contributed by atoms with E-state index in [2.05, 4.69) is 4.72 Å². The lowest BCUT2D eigenvalue weighted by Gasteiger charge is -2.08. The zero-order chi connectivity index (χ0) is 15.6. The van der Waals surface area contributed by atoms with E-state index in [1.807, 2.05) is 18.2 Å². The fraction of sp³-hybridized carbons (Fsp3) is 0.250. The monoisotopic (exact) mass is 319 g/mol. The number of benzene rings is 2. The Kier molecular flexibility index (Phi) is 4.04. The van der Waals surface area contributed by atoms with E-state index in [0.717, 1.165) is 23.3 Å². The van der Waals surface area contributed by atoms with Crippen LogP contribution in [0, 0.1) is 0 Å². The minimum atomic E-state index is -3.53. The van der Waals surface area contributed by atoms with Crippen LogP contribution in [0.4, 0.5) is 0 Å². The van der Waals surface area contributed by atoms with Gasteiger partial charge in [-0.25, -0.2) is 13.1 Å². The topological polar surface area (TPSA) is 64.6 Å². The SMILES string of the molecule is COc1ccc(S(=O)(=O)NCc2ccc3c(c2)CCO3)cc1. The van der Waals surface area contributed by atoms with Crippen molar-refractivity contribution in [2.75, 3.05) is 13.7 Å². The maximum Gasteiger partial charge on any atom is 0.240 e. The van der Waals surface area contributed by atoms with Crippen LogP contribution in [0.15, 0.2) is 47.4 Å². The minimum Gasteiger partial charge on any atom is -0.497 e. The first kappa shape index (κ1) is 14.9. The number of ether oxygens (including phenoxy) is 2. The first-order valence-corrected chi connectivity index (χ1v) is 8.45. The van der Waals surface area contributed by atoms with Gasteiger partial charge in [0, 0.05) is 13.0 Å².